The van der Waals surface area contributed by atoms with Crippen LogP contribution in [0.4, 0.5) is 0 Å². The highest BCUT2D eigenvalue weighted by atomic mass is 35.5. The highest BCUT2D eigenvalue weighted by Gasteiger charge is 2.28. The van der Waals surface area contributed by atoms with Crippen LogP contribution in [0.1, 0.15) is 18.1 Å². The van der Waals surface area contributed by atoms with Gasteiger partial charge in [0.25, 0.3) is 5.91 Å². The number of rotatable bonds is 7. The Balaban J connectivity index is 1.47. The molecule has 2 aromatic carbocycles. The van der Waals surface area contributed by atoms with E-state index in [4.69, 9.17) is 25.8 Å². The standard InChI is InChI=1S/C22H26ClNO4/c1-16-5-3-6-18(11-16)14-26-15-21-13-24(9-10-27-21)22(25)17(2)28-20-8-4-7-19(23)12-20/h3-8,11-12,17,21H,9-10,13-15H2,1-2H3. The summed E-state index contributed by atoms with van der Waals surface area (Å²) in [4.78, 5) is 14.5. The van der Waals surface area contributed by atoms with Crippen molar-refractivity contribution in [3.05, 3.63) is 64.7 Å². The minimum absolute atomic E-state index is 0.0630. The molecule has 2 atom stereocenters. The lowest BCUT2D eigenvalue weighted by molar-refractivity contribution is -0.148. The predicted molar refractivity (Wildman–Crippen MR) is 109 cm³/mol. The van der Waals surface area contributed by atoms with Crippen molar-refractivity contribution in [2.24, 2.45) is 0 Å². The molecule has 1 aliphatic heterocycles. The molecule has 1 heterocycles. The van der Waals surface area contributed by atoms with Crippen LogP contribution in [0.25, 0.3) is 0 Å². The molecule has 0 radical (unpaired) electrons. The Kier molecular flexibility index (Phi) is 7.31. The van der Waals surface area contributed by atoms with Crippen LogP contribution >= 0.6 is 11.6 Å². The van der Waals surface area contributed by atoms with Gasteiger partial charge in [-0.25, -0.2) is 0 Å². The summed E-state index contributed by atoms with van der Waals surface area (Å²) in [5.41, 5.74) is 2.34. The van der Waals surface area contributed by atoms with E-state index in [1.165, 1.54) is 5.56 Å². The summed E-state index contributed by atoms with van der Waals surface area (Å²) in [5, 5.41) is 0.578. The minimum atomic E-state index is -0.592. The Morgan fingerprint density at radius 2 is 2.11 bits per heavy atom. The van der Waals surface area contributed by atoms with E-state index in [0.717, 1.165) is 5.56 Å². The van der Waals surface area contributed by atoms with Crippen molar-refractivity contribution >= 4 is 17.5 Å². The smallest absolute Gasteiger partial charge is 0.263 e. The molecule has 5 nitrogen and oxygen atoms in total. The van der Waals surface area contributed by atoms with Gasteiger partial charge < -0.3 is 19.1 Å². The molecule has 0 saturated carbocycles. The first-order chi connectivity index (χ1) is 13.5. The monoisotopic (exact) mass is 403 g/mol. The minimum Gasteiger partial charge on any atom is -0.481 e. The molecule has 150 valence electrons. The fraction of sp³-hybridized carbons (Fsp3) is 0.409. The lowest BCUT2D eigenvalue weighted by atomic mass is 10.1. The Morgan fingerprint density at radius 3 is 2.89 bits per heavy atom. The van der Waals surface area contributed by atoms with Crippen molar-refractivity contribution in [2.45, 2.75) is 32.7 Å². The van der Waals surface area contributed by atoms with E-state index in [1.807, 2.05) is 12.1 Å². The molecule has 2 aromatic rings. The van der Waals surface area contributed by atoms with Crippen LogP contribution in [-0.4, -0.2) is 49.3 Å². The molecule has 1 fully saturated rings. The summed E-state index contributed by atoms with van der Waals surface area (Å²) in [5.74, 6) is 0.520. The van der Waals surface area contributed by atoms with Gasteiger partial charge in [-0.1, -0.05) is 47.5 Å². The molecule has 0 aromatic heterocycles. The molecule has 3 rings (SSSR count). The van der Waals surface area contributed by atoms with Crippen molar-refractivity contribution in [2.75, 3.05) is 26.3 Å². The number of nitrogens with zero attached hydrogens (tertiary/aromatic N) is 1. The van der Waals surface area contributed by atoms with Gasteiger partial charge in [0.2, 0.25) is 0 Å². The number of hydrogen-bond acceptors (Lipinski definition) is 4. The maximum absolute atomic E-state index is 12.7. The molecule has 1 saturated heterocycles. The van der Waals surface area contributed by atoms with Crippen molar-refractivity contribution in [3.8, 4) is 5.75 Å². The largest absolute Gasteiger partial charge is 0.481 e. The van der Waals surface area contributed by atoms with E-state index in [9.17, 15) is 4.79 Å². The lowest BCUT2D eigenvalue weighted by Gasteiger charge is -2.34. The van der Waals surface area contributed by atoms with Gasteiger partial charge in [-0.3, -0.25) is 4.79 Å². The first-order valence-electron chi connectivity index (χ1n) is 9.47. The highest BCUT2D eigenvalue weighted by molar-refractivity contribution is 6.30. The maximum atomic E-state index is 12.7. The highest BCUT2D eigenvalue weighted by Crippen LogP contribution is 2.19. The van der Waals surface area contributed by atoms with Crippen LogP contribution in [0.3, 0.4) is 0 Å². The molecule has 6 heteroatoms. The number of halogens is 1. The Morgan fingerprint density at radius 1 is 1.29 bits per heavy atom. The number of hydrogen-bond donors (Lipinski definition) is 0. The molecule has 1 aliphatic rings. The number of carbonyl (C=O) groups is 1. The zero-order valence-corrected chi connectivity index (χ0v) is 17.0. The summed E-state index contributed by atoms with van der Waals surface area (Å²) < 4.78 is 17.3. The zero-order valence-electron chi connectivity index (χ0n) is 16.3. The molecule has 28 heavy (non-hydrogen) atoms. The summed E-state index contributed by atoms with van der Waals surface area (Å²) in [6.07, 6.45) is -0.730. The van der Waals surface area contributed by atoms with Crippen molar-refractivity contribution in [1.82, 2.24) is 4.90 Å². The number of carbonyl (C=O) groups excluding carboxylic acids is 1. The van der Waals surface area contributed by atoms with Gasteiger partial charge in [0.05, 0.1) is 25.9 Å². The first-order valence-corrected chi connectivity index (χ1v) is 9.85. The van der Waals surface area contributed by atoms with E-state index in [-0.39, 0.29) is 12.0 Å². The second-order valence-electron chi connectivity index (χ2n) is 7.00. The van der Waals surface area contributed by atoms with Gasteiger partial charge in [-0.05, 0) is 37.6 Å². The zero-order chi connectivity index (χ0) is 19.9. The van der Waals surface area contributed by atoms with Gasteiger partial charge in [-0.2, -0.15) is 0 Å². The van der Waals surface area contributed by atoms with Gasteiger partial charge in [0.15, 0.2) is 6.10 Å². The van der Waals surface area contributed by atoms with Gasteiger partial charge >= 0.3 is 0 Å². The molecule has 0 aliphatic carbocycles. The molecular weight excluding hydrogens is 378 g/mol. The predicted octanol–water partition coefficient (Wildman–Crippen LogP) is 3.86. The van der Waals surface area contributed by atoms with Crippen LogP contribution in [0.5, 0.6) is 5.75 Å². The lowest BCUT2D eigenvalue weighted by Crippen LogP contribution is -2.50. The molecule has 0 N–H and O–H groups in total. The number of ether oxygens (including phenoxy) is 3. The fourth-order valence-corrected chi connectivity index (χ4v) is 3.36. The number of morpholine rings is 1. The third-order valence-corrected chi connectivity index (χ3v) is 4.80. The van der Waals surface area contributed by atoms with E-state index in [0.29, 0.717) is 43.7 Å². The summed E-state index contributed by atoms with van der Waals surface area (Å²) in [6.45, 7) is 6.33. The fourth-order valence-electron chi connectivity index (χ4n) is 3.18. The molecule has 1 amide bonds. The third kappa shape index (κ3) is 5.96. The van der Waals surface area contributed by atoms with Crippen LogP contribution in [-0.2, 0) is 20.9 Å². The van der Waals surface area contributed by atoms with E-state index in [1.54, 1.807) is 36.1 Å². The summed E-state index contributed by atoms with van der Waals surface area (Å²) >= 11 is 5.97. The number of benzene rings is 2. The summed E-state index contributed by atoms with van der Waals surface area (Å²) in [7, 11) is 0. The molecule has 2 unspecified atom stereocenters. The normalized spacial score (nSPS) is 18.0. The van der Waals surface area contributed by atoms with Crippen LogP contribution in [0.2, 0.25) is 5.02 Å². The molecule has 0 spiro atoms. The Labute approximate surface area is 171 Å². The molecular formula is C22H26ClNO4. The summed E-state index contributed by atoms with van der Waals surface area (Å²) in [6, 6.07) is 15.3. The van der Waals surface area contributed by atoms with Gasteiger partial charge in [0, 0.05) is 18.1 Å². The van der Waals surface area contributed by atoms with Crippen LogP contribution in [0, 0.1) is 6.92 Å². The number of aryl methyl sites for hydroxylation is 1. The van der Waals surface area contributed by atoms with Crippen LogP contribution < -0.4 is 4.74 Å². The Bertz CT molecular complexity index is 798. The molecule has 0 bridgehead atoms. The quantitative estimate of drug-likeness (QED) is 0.704. The van der Waals surface area contributed by atoms with E-state index in [2.05, 4.69) is 19.1 Å². The Hall–Kier alpha value is -2.08. The van der Waals surface area contributed by atoms with E-state index < -0.39 is 6.10 Å². The average Bonchev–Trinajstić information content (AvgIpc) is 2.68. The maximum Gasteiger partial charge on any atom is 0.263 e. The topological polar surface area (TPSA) is 48.0 Å². The van der Waals surface area contributed by atoms with Crippen LogP contribution in [0.15, 0.2) is 48.5 Å². The number of amides is 1. The average molecular weight is 404 g/mol. The van der Waals surface area contributed by atoms with Crippen molar-refractivity contribution in [3.63, 3.8) is 0 Å². The second-order valence-corrected chi connectivity index (χ2v) is 7.44. The van der Waals surface area contributed by atoms with E-state index >= 15 is 0 Å². The van der Waals surface area contributed by atoms with Gasteiger partial charge in [-0.15, -0.1) is 0 Å². The van der Waals surface area contributed by atoms with Crippen molar-refractivity contribution in [1.29, 1.82) is 0 Å². The third-order valence-electron chi connectivity index (χ3n) is 4.56. The SMILES string of the molecule is Cc1cccc(COCC2CN(C(=O)C(C)Oc3cccc(Cl)c3)CCO2)c1. The van der Waals surface area contributed by atoms with Gasteiger partial charge in [0.1, 0.15) is 5.75 Å². The van der Waals surface area contributed by atoms with Crippen molar-refractivity contribution < 1.29 is 19.0 Å². The first kappa shape index (κ1) is 20.6. The second kappa shape index (κ2) is 9.92.